The number of nitrogens with one attached hydrogen (secondary N) is 2. The van der Waals surface area contributed by atoms with Gasteiger partial charge in [0.1, 0.15) is 6.04 Å². The second-order valence-electron chi connectivity index (χ2n) is 9.44. The Morgan fingerprint density at radius 3 is 2.63 bits per heavy atom. The maximum atomic E-state index is 13.6. The van der Waals surface area contributed by atoms with Gasteiger partial charge in [-0.2, -0.15) is 0 Å². The minimum Gasteiger partial charge on any atom is -0.395 e. The number of hydrogen-bond donors (Lipinski definition) is 3. The van der Waals surface area contributed by atoms with Crippen LogP contribution in [0.2, 0.25) is 0 Å². The number of nitrogens with zero attached hydrogens (tertiary/aromatic N) is 1. The Morgan fingerprint density at radius 2 is 1.97 bits per heavy atom. The molecular formula is C22H35N3O4S. The van der Waals surface area contributed by atoms with E-state index in [9.17, 15) is 19.5 Å². The molecule has 3 saturated heterocycles. The van der Waals surface area contributed by atoms with Crippen LogP contribution in [0.5, 0.6) is 0 Å². The van der Waals surface area contributed by atoms with Crippen molar-refractivity contribution >= 4 is 29.5 Å². The van der Waals surface area contributed by atoms with E-state index in [1.807, 2.05) is 6.92 Å². The summed E-state index contributed by atoms with van der Waals surface area (Å²) in [6.45, 7) is 4.69. The van der Waals surface area contributed by atoms with Gasteiger partial charge in [0, 0.05) is 24.4 Å². The average molecular weight is 438 g/mol. The molecule has 3 N–H and O–H groups in total. The van der Waals surface area contributed by atoms with Crippen molar-refractivity contribution in [2.45, 2.75) is 80.9 Å². The fourth-order valence-electron chi connectivity index (χ4n) is 6.36. The van der Waals surface area contributed by atoms with E-state index in [1.54, 1.807) is 16.7 Å². The number of thioether (sulfide) groups is 1. The first-order valence-corrected chi connectivity index (χ1v) is 12.5. The number of aliphatic hydroxyl groups excluding tert-OH is 1. The SMILES string of the molecule is CCCNC(=O)[C@@H]1[C@H]2C(=O)N(CCO)C(C(=O)NC3CCCCC3)C23S[C@@H]1CC3C. The van der Waals surface area contributed by atoms with Gasteiger partial charge in [-0.1, -0.05) is 33.1 Å². The van der Waals surface area contributed by atoms with Crippen LogP contribution in [0.15, 0.2) is 0 Å². The predicted octanol–water partition coefficient (Wildman–Crippen LogP) is 1.29. The largest absolute Gasteiger partial charge is 0.395 e. The summed E-state index contributed by atoms with van der Waals surface area (Å²) in [7, 11) is 0. The van der Waals surface area contributed by atoms with Gasteiger partial charge in [0.15, 0.2) is 0 Å². The molecule has 4 fully saturated rings. The molecule has 3 amide bonds. The predicted molar refractivity (Wildman–Crippen MR) is 116 cm³/mol. The van der Waals surface area contributed by atoms with Gasteiger partial charge in [0.25, 0.3) is 0 Å². The summed E-state index contributed by atoms with van der Waals surface area (Å²) in [6.07, 6.45) is 7.11. The highest BCUT2D eigenvalue weighted by Crippen LogP contribution is 2.68. The maximum Gasteiger partial charge on any atom is 0.244 e. The van der Waals surface area contributed by atoms with Gasteiger partial charge in [0.05, 0.1) is 23.2 Å². The smallest absolute Gasteiger partial charge is 0.244 e. The molecule has 4 rings (SSSR count). The van der Waals surface area contributed by atoms with Gasteiger partial charge in [-0.05, 0) is 31.6 Å². The molecule has 4 aliphatic rings. The molecule has 3 aliphatic heterocycles. The molecule has 3 heterocycles. The van der Waals surface area contributed by atoms with E-state index >= 15 is 0 Å². The topological polar surface area (TPSA) is 98.7 Å². The van der Waals surface area contributed by atoms with Gasteiger partial charge in [-0.25, -0.2) is 0 Å². The molecule has 0 aromatic rings. The normalized spacial score (nSPS) is 38.0. The van der Waals surface area contributed by atoms with Gasteiger partial charge >= 0.3 is 0 Å². The molecule has 0 aromatic carbocycles. The molecule has 6 atom stereocenters. The van der Waals surface area contributed by atoms with Crippen molar-refractivity contribution in [3.05, 3.63) is 0 Å². The third kappa shape index (κ3) is 3.34. The van der Waals surface area contributed by atoms with Crippen LogP contribution >= 0.6 is 11.8 Å². The lowest BCUT2D eigenvalue weighted by Crippen LogP contribution is -2.58. The first kappa shape index (κ1) is 21.9. The van der Waals surface area contributed by atoms with Gasteiger partial charge in [0.2, 0.25) is 17.7 Å². The molecule has 8 heteroatoms. The van der Waals surface area contributed by atoms with Crippen molar-refractivity contribution in [1.29, 1.82) is 0 Å². The van der Waals surface area contributed by atoms with Crippen LogP contribution in [0.4, 0.5) is 0 Å². The van der Waals surface area contributed by atoms with E-state index in [0.29, 0.717) is 6.54 Å². The Hall–Kier alpha value is -1.28. The Bertz CT molecular complexity index is 698. The second kappa shape index (κ2) is 8.69. The number of likely N-dealkylation sites (tertiary alicyclic amines) is 1. The highest BCUT2D eigenvalue weighted by Gasteiger charge is 2.75. The number of fused-ring (bicyclic) bond motifs is 1. The van der Waals surface area contributed by atoms with Gasteiger partial charge in [-0.15, -0.1) is 11.8 Å². The minimum atomic E-state index is -0.613. The Kier molecular flexibility index (Phi) is 6.35. The fourth-order valence-corrected chi connectivity index (χ4v) is 8.78. The quantitative estimate of drug-likeness (QED) is 0.558. The summed E-state index contributed by atoms with van der Waals surface area (Å²) in [5, 5.41) is 15.9. The first-order valence-electron chi connectivity index (χ1n) is 11.6. The third-order valence-corrected chi connectivity index (χ3v) is 9.71. The Labute approximate surface area is 183 Å². The summed E-state index contributed by atoms with van der Waals surface area (Å²) in [5.41, 5.74) is 0. The lowest BCUT2D eigenvalue weighted by Gasteiger charge is -2.39. The number of rotatable bonds is 7. The monoisotopic (exact) mass is 437 g/mol. The van der Waals surface area contributed by atoms with Crippen molar-refractivity contribution in [3.8, 4) is 0 Å². The molecule has 1 saturated carbocycles. The molecule has 2 bridgehead atoms. The first-order chi connectivity index (χ1) is 14.5. The Balaban J connectivity index is 1.64. The van der Waals surface area contributed by atoms with Crippen molar-refractivity contribution in [1.82, 2.24) is 15.5 Å². The lowest BCUT2D eigenvalue weighted by atomic mass is 9.65. The molecule has 3 unspecified atom stereocenters. The summed E-state index contributed by atoms with van der Waals surface area (Å²) < 4.78 is -0.579. The minimum absolute atomic E-state index is 0.0567. The van der Waals surface area contributed by atoms with Gasteiger partial charge in [-0.3, -0.25) is 14.4 Å². The average Bonchev–Trinajstić information content (AvgIpc) is 3.31. The second-order valence-corrected chi connectivity index (χ2v) is 11.0. The molecular weight excluding hydrogens is 402 g/mol. The molecule has 7 nitrogen and oxygen atoms in total. The van der Waals surface area contributed by atoms with E-state index in [0.717, 1.165) is 38.5 Å². The van der Waals surface area contributed by atoms with Crippen molar-refractivity contribution in [3.63, 3.8) is 0 Å². The molecule has 168 valence electrons. The highest BCUT2D eigenvalue weighted by molar-refractivity contribution is 8.02. The number of amides is 3. The third-order valence-electron chi connectivity index (χ3n) is 7.64. The molecule has 1 spiro atoms. The lowest BCUT2D eigenvalue weighted by molar-refractivity contribution is -0.140. The molecule has 30 heavy (non-hydrogen) atoms. The summed E-state index contributed by atoms with van der Waals surface area (Å²) in [6, 6.07) is -0.451. The molecule has 0 radical (unpaired) electrons. The number of carbonyl (C=O) groups is 3. The maximum absolute atomic E-state index is 13.6. The number of β-amino-alcohol motifs (C(OH)–C–C–N with tert-alkyl or cyclic N) is 1. The van der Waals surface area contributed by atoms with Crippen LogP contribution < -0.4 is 10.6 Å². The number of hydrogen-bond acceptors (Lipinski definition) is 5. The zero-order valence-corrected chi connectivity index (χ0v) is 18.9. The summed E-state index contributed by atoms with van der Waals surface area (Å²) in [4.78, 5) is 41.7. The van der Waals surface area contributed by atoms with E-state index in [4.69, 9.17) is 0 Å². The van der Waals surface area contributed by atoms with Crippen molar-refractivity contribution in [2.75, 3.05) is 19.7 Å². The van der Waals surface area contributed by atoms with Crippen LogP contribution in [0.3, 0.4) is 0 Å². The van der Waals surface area contributed by atoms with Crippen LogP contribution in [-0.2, 0) is 14.4 Å². The van der Waals surface area contributed by atoms with Crippen LogP contribution in [0.25, 0.3) is 0 Å². The molecule has 0 aromatic heterocycles. The van der Waals surface area contributed by atoms with Crippen LogP contribution in [0.1, 0.15) is 58.8 Å². The van der Waals surface area contributed by atoms with E-state index in [2.05, 4.69) is 17.6 Å². The number of aliphatic hydroxyl groups is 1. The zero-order valence-electron chi connectivity index (χ0n) is 18.1. The van der Waals surface area contributed by atoms with Crippen LogP contribution in [0, 0.1) is 17.8 Å². The van der Waals surface area contributed by atoms with E-state index in [-0.39, 0.29) is 54.0 Å². The standard InChI is InChI=1S/C22H35N3O4S/c1-3-9-23-19(27)16-15-12-13(2)22(30-15)17(16)21(29)25(10-11-26)18(22)20(28)24-14-7-5-4-6-8-14/h13-18,26H,3-12H2,1-2H3,(H,23,27)(H,24,28)/t13?,15-,16+,17+,18?,22?/m1/s1. The van der Waals surface area contributed by atoms with Gasteiger partial charge < -0.3 is 20.6 Å². The van der Waals surface area contributed by atoms with Crippen molar-refractivity contribution in [2.24, 2.45) is 17.8 Å². The highest BCUT2D eigenvalue weighted by atomic mass is 32.2. The fraction of sp³-hybridized carbons (Fsp3) is 0.864. The van der Waals surface area contributed by atoms with Crippen LogP contribution in [-0.4, -0.2) is 69.5 Å². The number of carbonyl (C=O) groups excluding carboxylic acids is 3. The van der Waals surface area contributed by atoms with E-state index in [1.165, 1.54) is 6.42 Å². The Morgan fingerprint density at radius 1 is 1.23 bits per heavy atom. The zero-order chi connectivity index (χ0) is 21.5. The summed E-state index contributed by atoms with van der Waals surface area (Å²) in [5.74, 6) is -0.992. The summed E-state index contributed by atoms with van der Waals surface area (Å²) >= 11 is 1.69. The van der Waals surface area contributed by atoms with Crippen molar-refractivity contribution < 1.29 is 19.5 Å². The van der Waals surface area contributed by atoms with E-state index < -0.39 is 16.7 Å². The molecule has 1 aliphatic carbocycles.